The highest BCUT2D eigenvalue weighted by molar-refractivity contribution is 5.78. The summed E-state index contributed by atoms with van der Waals surface area (Å²) in [6, 6.07) is 0. The molecule has 0 rings (SSSR count). The van der Waals surface area contributed by atoms with E-state index in [1.807, 2.05) is 0 Å². The highest BCUT2D eigenvalue weighted by atomic mass is 16.6. The fourth-order valence-electron chi connectivity index (χ4n) is 0.694. The summed E-state index contributed by atoms with van der Waals surface area (Å²) in [7, 11) is 0. The third-order valence-corrected chi connectivity index (χ3v) is 1.45. The van der Waals surface area contributed by atoms with Crippen LogP contribution in [0.2, 0.25) is 0 Å². The minimum Gasteiger partial charge on any atom is -0.481 e. The first-order valence-electron chi connectivity index (χ1n) is 4.24. The molecule has 0 fully saturated rings. The zero-order valence-electron chi connectivity index (χ0n) is 7.89. The molecule has 0 amide bonds. The van der Waals surface area contributed by atoms with Gasteiger partial charge in [-0.15, -0.1) is 0 Å². The molecule has 0 saturated carbocycles. The normalized spacial score (nSPS) is 11.1. The molecule has 0 bridgehead atoms. The van der Waals surface area contributed by atoms with Crippen molar-refractivity contribution in [2.24, 2.45) is 0 Å². The number of aliphatic carboxylic acids is 1. The SMILES string of the molecule is CCCOC(=O)C(O)(O)CCC(=O)O. The van der Waals surface area contributed by atoms with E-state index in [4.69, 9.17) is 15.3 Å². The van der Waals surface area contributed by atoms with Crippen LogP contribution >= 0.6 is 0 Å². The van der Waals surface area contributed by atoms with Crippen molar-refractivity contribution in [3.8, 4) is 0 Å². The van der Waals surface area contributed by atoms with E-state index < -0.39 is 30.6 Å². The predicted octanol–water partition coefficient (Wildman–Crippen LogP) is -0.515. The quantitative estimate of drug-likeness (QED) is 0.399. The van der Waals surface area contributed by atoms with Gasteiger partial charge in [-0.05, 0) is 6.42 Å². The Labute approximate surface area is 81.1 Å². The highest BCUT2D eigenvalue weighted by Gasteiger charge is 2.35. The van der Waals surface area contributed by atoms with Gasteiger partial charge in [0.1, 0.15) is 0 Å². The Kier molecular flexibility index (Phi) is 5.11. The summed E-state index contributed by atoms with van der Waals surface area (Å²) in [6.45, 7) is 1.83. The van der Waals surface area contributed by atoms with E-state index in [0.717, 1.165) is 0 Å². The minimum atomic E-state index is -2.70. The molecule has 0 heterocycles. The summed E-state index contributed by atoms with van der Waals surface area (Å²) in [4.78, 5) is 21.0. The second-order valence-corrected chi connectivity index (χ2v) is 2.85. The van der Waals surface area contributed by atoms with E-state index in [9.17, 15) is 9.59 Å². The maximum Gasteiger partial charge on any atom is 0.366 e. The lowest BCUT2D eigenvalue weighted by molar-refractivity contribution is -0.212. The highest BCUT2D eigenvalue weighted by Crippen LogP contribution is 2.11. The Morgan fingerprint density at radius 2 is 1.93 bits per heavy atom. The number of carbonyl (C=O) groups is 2. The van der Waals surface area contributed by atoms with Crippen molar-refractivity contribution in [1.82, 2.24) is 0 Å². The molecule has 82 valence electrons. The van der Waals surface area contributed by atoms with Crippen molar-refractivity contribution < 1.29 is 29.6 Å². The van der Waals surface area contributed by atoms with Crippen LogP contribution in [-0.4, -0.2) is 39.7 Å². The Hall–Kier alpha value is -1.14. The monoisotopic (exact) mass is 206 g/mol. The van der Waals surface area contributed by atoms with E-state index >= 15 is 0 Å². The van der Waals surface area contributed by atoms with Gasteiger partial charge in [0, 0.05) is 6.42 Å². The first-order valence-corrected chi connectivity index (χ1v) is 4.24. The van der Waals surface area contributed by atoms with Gasteiger partial charge in [0.05, 0.1) is 13.0 Å². The summed E-state index contributed by atoms with van der Waals surface area (Å²) < 4.78 is 4.46. The molecular formula is C8H14O6. The maximum atomic E-state index is 10.9. The topological polar surface area (TPSA) is 104 Å². The van der Waals surface area contributed by atoms with Gasteiger partial charge in [0.25, 0.3) is 5.79 Å². The lowest BCUT2D eigenvalue weighted by atomic mass is 10.1. The van der Waals surface area contributed by atoms with E-state index in [-0.39, 0.29) is 6.61 Å². The summed E-state index contributed by atoms with van der Waals surface area (Å²) in [6.07, 6.45) is -0.528. The molecule has 0 aliphatic carbocycles. The Bertz CT molecular complexity index is 210. The third kappa shape index (κ3) is 4.78. The lowest BCUT2D eigenvalue weighted by Crippen LogP contribution is -2.40. The van der Waals surface area contributed by atoms with E-state index in [1.54, 1.807) is 6.92 Å². The first kappa shape index (κ1) is 12.9. The number of ether oxygens (including phenoxy) is 1. The van der Waals surface area contributed by atoms with Crippen LogP contribution in [0.1, 0.15) is 26.2 Å². The van der Waals surface area contributed by atoms with Gasteiger partial charge >= 0.3 is 11.9 Å². The van der Waals surface area contributed by atoms with Crippen LogP contribution in [0.4, 0.5) is 0 Å². The van der Waals surface area contributed by atoms with Crippen LogP contribution in [0.15, 0.2) is 0 Å². The van der Waals surface area contributed by atoms with Crippen LogP contribution in [0.5, 0.6) is 0 Å². The van der Waals surface area contributed by atoms with Crippen molar-refractivity contribution in [1.29, 1.82) is 0 Å². The molecule has 14 heavy (non-hydrogen) atoms. The molecule has 0 aliphatic heterocycles. The number of carbonyl (C=O) groups excluding carboxylic acids is 1. The number of aliphatic hydroxyl groups is 2. The second-order valence-electron chi connectivity index (χ2n) is 2.85. The van der Waals surface area contributed by atoms with Gasteiger partial charge in [-0.3, -0.25) is 4.79 Å². The molecule has 6 nitrogen and oxygen atoms in total. The molecule has 3 N–H and O–H groups in total. The molecule has 0 aromatic rings. The van der Waals surface area contributed by atoms with Crippen LogP contribution in [0.3, 0.4) is 0 Å². The molecule has 0 unspecified atom stereocenters. The van der Waals surface area contributed by atoms with Crippen molar-refractivity contribution in [3.63, 3.8) is 0 Å². The molecule has 0 aromatic heterocycles. The minimum absolute atomic E-state index is 0.0781. The van der Waals surface area contributed by atoms with Crippen molar-refractivity contribution in [3.05, 3.63) is 0 Å². The third-order valence-electron chi connectivity index (χ3n) is 1.45. The number of esters is 1. The molecule has 0 spiro atoms. The Balaban J connectivity index is 4.02. The Morgan fingerprint density at radius 3 is 2.36 bits per heavy atom. The largest absolute Gasteiger partial charge is 0.481 e. The zero-order valence-corrected chi connectivity index (χ0v) is 7.89. The van der Waals surface area contributed by atoms with Crippen molar-refractivity contribution in [2.75, 3.05) is 6.61 Å². The summed E-state index contributed by atoms with van der Waals surface area (Å²) in [5.41, 5.74) is 0. The number of carboxylic acid groups (broad SMARTS) is 1. The molecule has 0 saturated heterocycles. The average molecular weight is 206 g/mol. The summed E-state index contributed by atoms with van der Waals surface area (Å²) in [5, 5.41) is 26.4. The van der Waals surface area contributed by atoms with Gasteiger partial charge < -0.3 is 20.1 Å². The van der Waals surface area contributed by atoms with Crippen molar-refractivity contribution in [2.45, 2.75) is 32.0 Å². The Morgan fingerprint density at radius 1 is 1.36 bits per heavy atom. The average Bonchev–Trinajstić information content (AvgIpc) is 2.11. The van der Waals surface area contributed by atoms with Gasteiger partial charge in [-0.25, -0.2) is 4.79 Å². The second kappa shape index (κ2) is 5.56. The van der Waals surface area contributed by atoms with Crippen LogP contribution in [0, 0.1) is 0 Å². The maximum absolute atomic E-state index is 10.9. The number of hydrogen-bond acceptors (Lipinski definition) is 5. The number of carboxylic acids is 1. The molecule has 0 aromatic carbocycles. The summed E-state index contributed by atoms with van der Waals surface area (Å²) in [5.74, 6) is -5.12. The fourth-order valence-corrected chi connectivity index (χ4v) is 0.694. The zero-order chi connectivity index (χ0) is 11.2. The van der Waals surface area contributed by atoms with Crippen LogP contribution in [-0.2, 0) is 14.3 Å². The molecular weight excluding hydrogens is 192 g/mol. The van der Waals surface area contributed by atoms with Gasteiger partial charge in [0.2, 0.25) is 0 Å². The van der Waals surface area contributed by atoms with Crippen LogP contribution in [0.25, 0.3) is 0 Å². The standard InChI is InChI=1S/C8H14O6/c1-2-5-14-7(11)8(12,13)4-3-6(9)10/h12-13H,2-5H2,1H3,(H,9,10). The first-order chi connectivity index (χ1) is 6.40. The predicted molar refractivity (Wildman–Crippen MR) is 45.3 cm³/mol. The molecule has 0 atom stereocenters. The molecule has 0 aliphatic rings. The van der Waals surface area contributed by atoms with Crippen molar-refractivity contribution >= 4 is 11.9 Å². The van der Waals surface area contributed by atoms with Gasteiger partial charge in [0.15, 0.2) is 0 Å². The molecule has 0 radical (unpaired) electrons. The van der Waals surface area contributed by atoms with Gasteiger partial charge in [-0.1, -0.05) is 6.92 Å². The molecule has 6 heteroatoms. The van der Waals surface area contributed by atoms with Gasteiger partial charge in [-0.2, -0.15) is 0 Å². The summed E-state index contributed by atoms with van der Waals surface area (Å²) >= 11 is 0. The van der Waals surface area contributed by atoms with E-state index in [1.165, 1.54) is 0 Å². The lowest BCUT2D eigenvalue weighted by Gasteiger charge is -2.18. The number of rotatable bonds is 6. The number of hydrogen-bond donors (Lipinski definition) is 3. The fraction of sp³-hybridized carbons (Fsp3) is 0.750. The van der Waals surface area contributed by atoms with E-state index in [0.29, 0.717) is 6.42 Å². The van der Waals surface area contributed by atoms with E-state index in [2.05, 4.69) is 4.74 Å². The smallest absolute Gasteiger partial charge is 0.366 e. The van der Waals surface area contributed by atoms with Crippen LogP contribution < -0.4 is 0 Å².